The average Bonchev–Trinajstić information content (AvgIpc) is 3.02. The summed E-state index contributed by atoms with van der Waals surface area (Å²) in [4.78, 5) is 8.68. The molecule has 0 bridgehead atoms. The van der Waals surface area contributed by atoms with Gasteiger partial charge in [0.25, 0.3) is 0 Å². The van der Waals surface area contributed by atoms with E-state index in [9.17, 15) is 0 Å². The van der Waals surface area contributed by atoms with Crippen LogP contribution in [0.2, 0.25) is 0 Å². The van der Waals surface area contributed by atoms with Crippen LogP contribution in [0, 0.1) is 6.92 Å². The zero-order chi connectivity index (χ0) is 15.6. The topological polar surface area (TPSA) is 62.5 Å². The summed E-state index contributed by atoms with van der Waals surface area (Å²) in [5.41, 5.74) is 2.54. The van der Waals surface area contributed by atoms with Crippen molar-refractivity contribution in [3.63, 3.8) is 0 Å². The molecule has 0 aliphatic heterocycles. The highest BCUT2D eigenvalue weighted by Crippen LogP contribution is 2.05. The molecule has 118 valence electrons. The summed E-state index contributed by atoms with van der Waals surface area (Å²) in [7, 11) is 0. The molecule has 2 rings (SSSR count). The molecule has 2 heterocycles. The van der Waals surface area contributed by atoms with E-state index in [0.717, 1.165) is 37.7 Å². The molecular formula is C17H24N4O. The van der Waals surface area contributed by atoms with Crippen molar-refractivity contribution < 1.29 is 4.42 Å². The molecule has 0 atom stereocenters. The lowest BCUT2D eigenvalue weighted by Gasteiger charge is -2.11. The Morgan fingerprint density at radius 1 is 1.27 bits per heavy atom. The van der Waals surface area contributed by atoms with Crippen molar-refractivity contribution in [1.29, 1.82) is 0 Å². The highest BCUT2D eigenvalue weighted by Gasteiger charge is 2.01. The summed E-state index contributed by atoms with van der Waals surface area (Å²) in [5, 5.41) is 6.62. The monoisotopic (exact) mass is 300 g/mol. The minimum atomic E-state index is 0.705. The van der Waals surface area contributed by atoms with Crippen LogP contribution in [0.25, 0.3) is 0 Å². The first-order valence-electron chi connectivity index (χ1n) is 7.73. The van der Waals surface area contributed by atoms with Gasteiger partial charge in [-0.1, -0.05) is 0 Å². The molecule has 0 unspecified atom stereocenters. The van der Waals surface area contributed by atoms with Gasteiger partial charge in [-0.25, -0.2) is 0 Å². The van der Waals surface area contributed by atoms with Crippen molar-refractivity contribution in [3.05, 3.63) is 53.7 Å². The van der Waals surface area contributed by atoms with Crippen LogP contribution in [0.15, 0.2) is 46.3 Å². The summed E-state index contributed by atoms with van der Waals surface area (Å²) >= 11 is 0. The van der Waals surface area contributed by atoms with Crippen molar-refractivity contribution in [2.24, 2.45) is 4.99 Å². The molecule has 0 fully saturated rings. The third-order valence-electron chi connectivity index (χ3n) is 3.38. The van der Waals surface area contributed by atoms with Gasteiger partial charge >= 0.3 is 0 Å². The fourth-order valence-electron chi connectivity index (χ4n) is 2.17. The van der Waals surface area contributed by atoms with Gasteiger partial charge < -0.3 is 15.1 Å². The number of aryl methyl sites for hydroxylation is 1. The molecule has 0 radical (unpaired) electrons. The van der Waals surface area contributed by atoms with Crippen LogP contribution in [-0.2, 0) is 12.8 Å². The van der Waals surface area contributed by atoms with Gasteiger partial charge in [0.05, 0.1) is 6.26 Å². The summed E-state index contributed by atoms with van der Waals surface area (Å²) in [6, 6.07) is 5.94. The number of guanidine groups is 1. The lowest BCUT2D eigenvalue weighted by Crippen LogP contribution is -2.38. The van der Waals surface area contributed by atoms with E-state index in [1.807, 2.05) is 24.5 Å². The Bertz CT molecular complexity index is 578. The van der Waals surface area contributed by atoms with E-state index >= 15 is 0 Å². The number of furan rings is 1. The Kier molecular flexibility index (Phi) is 6.48. The molecule has 2 aromatic heterocycles. The van der Waals surface area contributed by atoms with Crippen LogP contribution in [0.1, 0.15) is 23.8 Å². The van der Waals surface area contributed by atoms with Crippen molar-refractivity contribution in [3.8, 4) is 0 Å². The third-order valence-corrected chi connectivity index (χ3v) is 3.38. The number of nitrogens with zero attached hydrogens (tertiary/aromatic N) is 2. The lowest BCUT2D eigenvalue weighted by atomic mass is 10.1. The molecule has 2 N–H and O–H groups in total. The highest BCUT2D eigenvalue weighted by atomic mass is 16.3. The fourth-order valence-corrected chi connectivity index (χ4v) is 2.17. The molecule has 0 amide bonds. The highest BCUT2D eigenvalue weighted by molar-refractivity contribution is 5.79. The van der Waals surface area contributed by atoms with E-state index in [2.05, 4.69) is 40.5 Å². The minimum absolute atomic E-state index is 0.705. The zero-order valence-electron chi connectivity index (χ0n) is 13.3. The van der Waals surface area contributed by atoms with Gasteiger partial charge in [0.1, 0.15) is 5.76 Å². The van der Waals surface area contributed by atoms with Gasteiger partial charge in [-0.3, -0.25) is 9.98 Å². The second-order valence-corrected chi connectivity index (χ2v) is 5.07. The largest absolute Gasteiger partial charge is 0.469 e. The molecule has 5 heteroatoms. The molecule has 5 nitrogen and oxygen atoms in total. The predicted molar refractivity (Wildman–Crippen MR) is 89.1 cm³/mol. The number of pyridine rings is 1. The minimum Gasteiger partial charge on any atom is -0.469 e. The summed E-state index contributed by atoms with van der Waals surface area (Å²) < 4.78 is 5.31. The van der Waals surface area contributed by atoms with Gasteiger partial charge in [0.15, 0.2) is 5.96 Å². The van der Waals surface area contributed by atoms with Crippen molar-refractivity contribution >= 4 is 5.96 Å². The van der Waals surface area contributed by atoms with Crippen molar-refractivity contribution in [2.75, 3.05) is 19.6 Å². The van der Waals surface area contributed by atoms with Crippen LogP contribution in [-0.4, -0.2) is 30.6 Å². The second-order valence-electron chi connectivity index (χ2n) is 5.07. The number of hydrogen-bond donors (Lipinski definition) is 2. The van der Waals surface area contributed by atoms with Crippen LogP contribution >= 0.6 is 0 Å². The maximum absolute atomic E-state index is 5.31. The Balaban J connectivity index is 1.79. The van der Waals surface area contributed by atoms with Crippen LogP contribution < -0.4 is 10.6 Å². The predicted octanol–water partition coefficient (Wildman–Crippen LogP) is 2.32. The molecule has 0 saturated carbocycles. The van der Waals surface area contributed by atoms with Gasteiger partial charge in [-0.15, -0.1) is 0 Å². The second kappa shape index (κ2) is 8.87. The number of nitrogens with one attached hydrogen (secondary N) is 2. The Labute approximate surface area is 131 Å². The molecular weight excluding hydrogens is 276 g/mol. The zero-order valence-corrected chi connectivity index (χ0v) is 13.3. The number of aliphatic imine (C=N–C) groups is 1. The Morgan fingerprint density at radius 2 is 2.18 bits per heavy atom. The van der Waals surface area contributed by atoms with E-state index in [1.54, 1.807) is 6.26 Å². The normalized spacial score (nSPS) is 11.5. The molecule has 0 aromatic carbocycles. The van der Waals surface area contributed by atoms with Crippen molar-refractivity contribution in [1.82, 2.24) is 15.6 Å². The van der Waals surface area contributed by atoms with Gasteiger partial charge in [-0.2, -0.15) is 0 Å². The van der Waals surface area contributed by atoms with E-state index in [1.165, 1.54) is 11.1 Å². The molecule has 0 saturated heterocycles. The summed E-state index contributed by atoms with van der Waals surface area (Å²) in [6.45, 7) is 6.55. The first-order chi connectivity index (χ1) is 10.8. The molecule has 0 spiro atoms. The van der Waals surface area contributed by atoms with Gasteiger partial charge in [0, 0.05) is 38.4 Å². The molecule has 0 aliphatic carbocycles. The Hall–Kier alpha value is -2.30. The standard InChI is InChI=1S/C17H24N4O/c1-3-19-17(21-11-8-16-5-4-12-22-16)20-10-7-15-6-9-18-13-14(15)2/h4-6,9,12-13H,3,7-8,10-11H2,1-2H3,(H2,19,20,21). The molecule has 2 aromatic rings. The van der Waals surface area contributed by atoms with E-state index < -0.39 is 0 Å². The number of rotatable bonds is 7. The SMILES string of the molecule is CCNC(=NCCc1ccco1)NCCc1ccncc1C. The fraction of sp³-hybridized carbons (Fsp3) is 0.412. The number of aromatic nitrogens is 1. The van der Waals surface area contributed by atoms with E-state index in [-0.39, 0.29) is 0 Å². The number of hydrogen-bond acceptors (Lipinski definition) is 3. The van der Waals surface area contributed by atoms with Crippen LogP contribution in [0.5, 0.6) is 0 Å². The average molecular weight is 300 g/mol. The molecule has 22 heavy (non-hydrogen) atoms. The Morgan fingerprint density at radius 3 is 2.91 bits per heavy atom. The summed E-state index contributed by atoms with van der Waals surface area (Å²) in [5.74, 6) is 1.81. The first kappa shape index (κ1) is 16.1. The van der Waals surface area contributed by atoms with E-state index in [0.29, 0.717) is 6.54 Å². The maximum Gasteiger partial charge on any atom is 0.191 e. The lowest BCUT2D eigenvalue weighted by molar-refractivity contribution is 0.510. The van der Waals surface area contributed by atoms with Crippen LogP contribution in [0.4, 0.5) is 0 Å². The summed E-state index contributed by atoms with van der Waals surface area (Å²) in [6.07, 6.45) is 7.20. The van der Waals surface area contributed by atoms with Crippen molar-refractivity contribution in [2.45, 2.75) is 26.7 Å². The van der Waals surface area contributed by atoms with Gasteiger partial charge in [-0.05, 0) is 49.6 Å². The van der Waals surface area contributed by atoms with Gasteiger partial charge in [0.2, 0.25) is 0 Å². The first-order valence-corrected chi connectivity index (χ1v) is 7.73. The third kappa shape index (κ3) is 5.24. The molecule has 0 aliphatic rings. The quantitative estimate of drug-likeness (QED) is 0.608. The maximum atomic E-state index is 5.31. The van der Waals surface area contributed by atoms with Crippen LogP contribution in [0.3, 0.4) is 0 Å². The smallest absolute Gasteiger partial charge is 0.191 e. The van der Waals surface area contributed by atoms with E-state index in [4.69, 9.17) is 4.42 Å².